The molecule has 6 heteroatoms. The molecular weight excluding hydrogens is 336 g/mol. The molecule has 0 aliphatic rings. The van der Waals surface area contributed by atoms with Crippen molar-refractivity contribution >= 4 is 38.7 Å². The molecule has 0 aliphatic carbocycles. The molecule has 0 aliphatic heterocycles. The lowest BCUT2D eigenvalue weighted by Gasteiger charge is -2.27. The lowest BCUT2D eigenvalue weighted by molar-refractivity contribution is 0.676. The third-order valence-electron chi connectivity index (χ3n) is 3.13. The van der Waals surface area contributed by atoms with Crippen LogP contribution in [0.4, 0.5) is 5.82 Å². The molecule has 0 saturated heterocycles. The fraction of sp³-hybridized carbons (Fsp3) is 0.286. The maximum atomic E-state index is 4.64. The fourth-order valence-electron chi connectivity index (χ4n) is 2.15. The largest absolute Gasteiger partial charge is 0.346 e. The lowest BCUT2D eigenvalue weighted by atomic mass is 10.3. The van der Waals surface area contributed by atoms with Crippen LogP contribution in [0.2, 0.25) is 0 Å². The Hall–Kier alpha value is -1.40. The molecule has 3 aromatic heterocycles. The van der Waals surface area contributed by atoms with Crippen molar-refractivity contribution in [3.63, 3.8) is 0 Å². The molecule has 3 aromatic rings. The topological polar surface area (TPSA) is 33.4 Å². The zero-order chi connectivity index (χ0) is 14.1. The second-order valence-corrected chi connectivity index (χ2v) is 6.69. The van der Waals surface area contributed by atoms with E-state index < -0.39 is 0 Å². The summed E-state index contributed by atoms with van der Waals surface area (Å²) < 4.78 is 2.81. The number of fused-ring (bicyclic) bond motifs is 1. The predicted molar refractivity (Wildman–Crippen MR) is 86.3 cm³/mol. The quantitative estimate of drug-likeness (QED) is 0.713. The van der Waals surface area contributed by atoms with E-state index in [1.54, 1.807) is 17.5 Å². The third kappa shape index (κ3) is 2.58. The van der Waals surface area contributed by atoms with Crippen LogP contribution in [0.1, 0.15) is 18.7 Å². The van der Waals surface area contributed by atoms with Crippen molar-refractivity contribution in [2.45, 2.75) is 26.4 Å². The molecule has 4 nitrogen and oxygen atoms in total. The van der Waals surface area contributed by atoms with Gasteiger partial charge in [-0.1, -0.05) is 6.07 Å². The molecule has 0 unspecified atom stereocenters. The SMILES string of the molecule is CC(C)N(Cc1cccs1)c1nc(Br)cn2ccnc12. The summed E-state index contributed by atoms with van der Waals surface area (Å²) in [7, 11) is 0. The van der Waals surface area contributed by atoms with Crippen LogP contribution in [-0.4, -0.2) is 20.4 Å². The Morgan fingerprint density at radius 3 is 3.00 bits per heavy atom. The second-order valence-electron chi connectivity index (χ2n) is 4.85. The van der Waals surface area contributed by atoms with Crippen molar-refractivity contribution < 1.29 is 0 Å². The summed E-state index contributed by atoms with van der Waals surface area (Å²) in [6.07, 6.45) is 5.67. The highest BCUT2D eigenvalue weighted by Gasteiger charge is 2.18. The summed E-state index contributed by atoms with van der Waals surface area (Å²) in [5.74, 6) is 0.910. The highest BCUT2D eigenvalue weighted by molar-refractivity contribution is 9.10. The van der Waals surface area contributed by atoms with E-state index >= 15 is 0 Å². The molecule has 0 bridgehead atoms. The maximum Gasteiger partial charge on any atom is 0.180 e. The minimum atomic E-state index is 0.347. The zero-order valence-corrected chi connectivity index (χ0v) is 13.7. The van der Waals surface area contributed by atoms with Gasteiger partial charge in [0.05, 0.1) is 6.54 Å². The van der Waals surface area contributed by atoms with E-state index in [1.165, 1.54) is 4.88 Å². The number of aromatic nitrogens is 3. The summed E-state index contributed by atoms with van der Waals surface area (Å²) in [6.45, 7) is 5.20. The van der Waals surface area contributed by atoms with Gasteiger partial charge in [-0.3, -0.25) is 0 Å². The van der Waals surface area contributed by atoms with Gasteiger partial charge >= 0.3 is 0 Å². The minimum Gasteiger partial charge on any atom is -0.346 e. The van der Waals surface area contributed by atoms with Crippen molar-refractivity contribution in [2.24, 2.45) is 0 Å². The van der Waals surface area contributed by atoms with Gasteiger partial charge in [0.25, 0.3) is 0 Å². The highest BCUT2D eigenvalue weighted by atomic mass is 79.9. The smallest absolute Gasteiger partial charge is 0.180 e. The maximum absolute atomic E-state index is 4.64. The zero-order valence-electron chi connectivity index (χ0n) is 11.3. The molecule has 0 N–H and O–H groups in total. The Bertz CT molecular complexity index is 705. The average Bonchev–Trinajstić information content (AvgIpc) is 3.05. The van der Waals surface area contributed by atoms with E-state index in [0.717, 1.165) is 22.6 Å². The molecule has 104 valence electrons. The van der Waals surface area contributed by atoms with Gasteiger partial charge in [-0.05, 0) is 41.2 Å². The fourth-order valence-corrected chi connectivity index (χ4v) is 3.24. The minimum absolute atomic E-state index is 0.347. The molecule has 0 aromatic carbocycles. The van der Waals surface area contributed by atoms with Crippen LogP contribution in [0.3, 0.4) is 0 Å². The number of anilines is 1. The van der Waals surface area contributed by atoms with Crippen LogP contribution in [0.5, 0.6) is 0 Å². The summed E-state index contributed by atoms with van der Waals surface area (Å²) in [5, 5.41) is 2.10. The Kier molecular flexibility index (Phi) is 3.76. The van der Waals surface area contributed by atoms with Crippen LogP contribution in [0, 0.1) is 0 Å². The number of rotatable bonds is 4. The van der Waals surface area contributed by atoms with E-state index in [1.807, 2.05) is 16.8 Å². The van der Waals surface area contributed by atoms with Crippen LogP contribution in [0.15, 0.2) is 40.7 Å². The Morgan fingerprint density at radius 2 is 2.30 bits per heavy atom. The van der Waals surface area contributed by atoms with Gasteiger partial charge in [0.15, 0.2) is 11.5 Å². The molecule has 0 saturated carbocycles. The van der Waals surface area contributed by atoms with Gasteiger partial charge < -0.3 is 9.30 Å². The van der Waals surface area contributed by atoms with Gasteiger partial charge in [0.1, 0.15) is 4.60 Å². The molecule has 0 fully saturated rings. The molecule has 3 heterocycles. The number of thiophene rings is 1. The standard InChI is InChI=1S/C14H15BrN4S/c1-10(2)19(8-11-4-3-7-20-11)14-13-16-5-6-18(13)9-12(15)17-14/h3-7,9-10H,8H2,1-2H3. The van der Waals surface area contributed by atoms with E-state index in [9.17, 15) is 0 Å². The molecule has 0 amide bonds. The molecule has 3 rings (SSSR count). The first-order valence-corrected chi connectivity index (χ1v) is 8.10. The number of hydrogen-bond acceptors (Lipinski definition) is 4. The third-order valence-corrected chi connectivity index (χ3v) is 4.37. The second kappa shape index (κ2) is 5.54. The predicted octanol–water partition coefficient (Wildman–Crippen LogP) is 3.97. The normalized spacial score (nSPS) is 11.4. The van der Waals surface area contributed by atoms with Crippen LogP contribution < -0.4 is 4.90 Å². The first-order valence-electron chi connectivity index (χ1n) is 6.43. The number of hydrogen-bond donors (Lipinski definition) is 0. The number of halogens is 1. The van der Waals surface area contributed by atoms with E-state index in [-0.39, 0.29) is 0 Å². The number of imidazole rings is 1. The first kappa shape index (κ1) is 13.6. The van der Waals surface area contributed by atoms with Crippen molar-refractivity contribution in [2.75, 3.05) is 4.90 Å². The van der Waals surface area contributed by atoms with Gasteiger partial charge in [-0.2, -0.15) is 0 Å². The summed E-state index contributed by atoms with van der Waals surface area (Å²) in [6, 6.07) is 4.58. The summed E-state index contributed by atoms with van der Waals surface area (Å²) in [5.41, 5.74) is 0.887. The van der Waals surface area contributed by atoms with Crippen molar-refractivity contribution in [3.8, 4) is 0 Å². The lowest BCUT2D eigenvalue weighted by Crippen LogP contribution is -2.31. The molecular formula is C14H15BrN4S. The Labute approximate surface area is 130 Å². The Balaban J connectivity index is 2.07. The first-order chi connectivity index (χ1) is 9.65. The van der Waals surface area contributed by atoms with E-state index in [4.69, 9.17) is 0 Å². The van der Waals surface area contributed by atoms with E-state index in [2.05, 4.69) is 62.2 Å². The molecule has 0 atom stereocenters. The average molecular weight is 351 g/mol. The molecule has 20 heavy (non-hydrogen) atoms. The summed E-state index contributed by atoms with van der Waals surface area (Å²) in [4.78, 5) is 12.7. The van der Waals surface area contributed by atoms with Crippen LogP contribution >= 0.6 is 27.3 Å². The van der Waals surface area contributed by atoms with Crippen molar-refractivity contribution in [1.29, 1.82) is 0 Å². The van der Waals surface area contributed by atoms with Gasteiger partial charge in [-0.25, -0.2) is 9.97 Å². The Morgan fingerprint density at radius 1 is 1.45 bits per heavy atom. The van der Waals surface area contributed by atoms with Crippen molar-refractivity contribution in [1.82, 2.24) is 14.4 Å². The molecule has 0 spiro atoms. The van der Waals surface area contributed by atoms with Crippen LogP contribution in [-0.2, 0) is 6.54 Å². The summed E-state index contributed by atoms with van der Waals surface area (Å²) >= 11 is 5.25. The van der Waals surface area contributed by atoms with Gasteiger partial charge in [-0.15, -0.1) is 11.3 Å². The number of nitrogens with zero attached hydrogens (tertiary/aromatic N) is 4. The van der Waals surface area contributed by atoms with Gasteiger partial charge in [0.2, 0.25) is 0 Å². The van der Waals surface area contributed by atoms with Gasteiger partial charge in [0, 0.05) is 29.5 Å². The van der Waals surface area contributed by atoms with Crippen LogP contribution in [0.25, 0.3) is 5.65 Å². The monoisotopic (exact) mass is 350 g/mol. The molecule has 0 radical (unpaired) electrons. The highest BCUT2D eigenvalue weighted by Crippen LogP contribution is 2.25. The van der Waals surface area contributed by atoms with Crippen molar-refractivity contribution in [3.05, 3.63) is 45.6 Å². The van der Waals surface area contributed by atoms with E-state index in [0.29, 0.717) is 6.04 Å².